The van der Waals surface area contributed by atoms with Gasteiger partial charge in [0.1, 0.15) is 6.54 Å². The molecule has 116 valence electrons. The van der Waals surface area contributed by atoms with E-state index in [4.69, 9.17) is 10.2 Å². The summed E-state index contributed by atoms with van der Waals surface area (Å²) in [5, 5.41) is 13.7. The lowest BCUT2D eigenvalue weighted by atomic mass is 10.1. The molecular formula is C13H18N2O5S. The van der Waals surface area contributed by atoms with Crippen LogP contribution >= 0.6 is 0 Å². The monoisotopic (exact) mass is 314 g/mol. The maximum atomic E-state index is 12.2. The number of benzene rings is 1. The number of nitrogens with zero attached hydrogens (tertiary/aromatic N) is 1. The van der Waals surface area contributed by atoms with Crippen LogP contribution < -0.4 is 5.14 Å². The first-order chi connectivity index (χ1) is 9.73. The van der Waals surface area contributed by atoms with Crippen molar-refractivity contribution in [1.29, 1.82) is 0 Å². The van der Waals surface area contributed by atoms with E-state index in [1.807, 2.05) is 6.92 Å². The van der Waals surface area contributed by atoms with E-state index in [-0.39, 0.29) is 12.3 Å². The van der Waals surface area contributed by atoms with Gasteiger partial charge in [-0.1, -0.05) is 19.1 Å². The molecule has 8 heteroatoms. The topological polar surface area (TPSA) is 118 Å². The first-order valence-corrected chi connectivity index (χ1v) is 8.05. The molecule has 1 aromatic carbocycles. The van der Waals surface area contributed by atoms with Gasteiger partial charge < -0.3 is 10.0 Å². The average molecular weight is 314 g/mol. The summed E-state index contributed by atoms with van der Waals surface area (Å²) >= 11 is 0. The molecule has 0 bridgehead atoms. The molecule has 0 fully saturated rings. The van der Waals surface area contributed by atoms with Crippen LogP contribution in [0.3, 0.4) is 0 Å². The van der Waals surface area contributed by atoms with Gasteiger partial charge in [-0.3, -0.25) is 9.59 Å². The second-order valence-corrected chi connectivity index (χ2v) is 6.24. The van der Waals surface area contributed by atoms with Gasteiger partial charge in [-0.15, -0.1) is 0 Å². The summed E-state index contributed by atoms with van der Waals surface area (Å²) < 4.78 is 21.9. The molecule has 1 aromatic rings. The minimum atomic E-state index is -3.62. The predicted molar refractivity (Wildman–Crippen MR) is 77.1 cm³/mol. The fourth-order valence-electron chi connectivity index (χ4n) is 1.84. The number of carbonyl (C=O) groups excluding carboxylic acids is 1. The third-order valence-electron chi connectivity index (χ3n) is 2.68. The van der Waals surface area contributed by atoms with Crippen LogP contribution in [0.4, 0.5) is 0 Å². The number of carboxylic acid groups (broad SMARTS) is 1. The molecular weight excluding hydrogens is 296 g/mol. The number of hydrogen-bond acceptors (Lipinski definition) is 4. The second-order valence-electron chi connectivity index (χ2n) is 4.62. The summed E-state index contributed by atoms with van der Waals surface area (Å²) in [5.74, 6) is -1.79. The Morgan fingerprint density at radius 1 is 1.24 bits per heavy atom. The van der Waals surface area contributed by atoms with Gasteiger partial charge in [0.05, 0.1) is 5.75 Å². The fraction of sp³-hybridized carbons (Fsp3) is 0.385. The quantitative estimate of drug-likeness (QED) is 0.756. The van der Waals surface area contributed by atoms with Crippen LogP contribution in [0.25, 0.3) is 0 Å². The zero-order valence-corrected chi connectivity index (χ0v) is 12.5. The van der Waals surface area contributed by atoms with Crippen molar-refractivity contribution in [3.8, 4) is 0 Å². The van der Waals surface area contributed by atoms with Crippen molar-refractivity contribution in [1.82, 2.24) is 4.90 Å². The summed E-state index contributed by atoms with van der Waals surface area (Å²) in [7, 11) is -3.62. The number of carbonyl (C=O) groups is 2. The molecule has 0 heterocycles. The summed E-state index contributed by atoms with van der Waals surface area (Å²) in [6, 6.07) is 5.91. The number of hydrogen-bond donors (Lipinski definition) is 2. The van der Waals surface area contributed by atoms with Gasteiger partial charge in [-0.05, 0) is 24.1 Å². The number of nitrogens with two attached hydrogens (primary N) is 1. The number of aliphatic carboxylic acids is 1. The van der Waals surface area contributed by atoms with Crippen LogP contribution in [-0.4, -0.2) is 43.4 Å². The summed E-state index contributed by atoms with van der Waals surface area (Å²) in [6.45, 7) is 1.81. The van der Waals surface area contributed by atoms with Gasteiger partial charge >= 0.3 is 5.97 Å². The maximum Gasteiger partial charge on any atom is 0.323 e. The van der Waals surface area contributed by atoms with Crippen molar-refractivity contribution in [2.24, 2.45) is 5.14 Å². The molecule has 1 amide bonds. The molecule has 0 saturated carbocycles. The molecule has 0 atom stereocenters. The molecule has 0 aliphatic heterocycles. The first-order valence-electron chi connectivity index (χ1n) is 6.33. The van der Waals surface area contributed by atoms with Crippen molar-refractivity contribution >= 4 is 21.9 Å². The zero-order chi connectivity index (χ0) is 16.0. The first kappa shape index (κ1) is 17.1. The van der Waals surface area contributed by atoms with Crippen molar-refractivity contribution < 1.29 is 23.1 Å². The van der Waals surface area contributed by atoms with Gasteiger partial charge in [-0.2, -0.15) is 0 Å². The predicted octanol–water partition coefficient (Wildman–Crippen LogP) is 0.412. The van der Waals surface area contributed by atoms with Gasteiger partial charge in [0, 0.05) is 12.1 Å². The molecule has 3 N–H and O–H groups in total. The Hall–Kier alpha value is -1.93. The third kappa shape index (κ3) is 5.92. The summed E-state index contributed by atoms with van der Waals surface area (Å²) in [4.78, 5) is 24.2. The van der Waals surface area contributed by atoms with E-state index in [9.17, 15) is 18.0 Å². The highest BCUT2D eigenvalue weighted by atomic mass is 32.2. The van der Waals surface area contributed by atoms with E-state index < -0.39 is 21.9 Å². The molecule has 0 saturated heterocycles. The molecule has 0 aliphatic carbocycles. The molecule has 0 aromatic heterocycles. The minimum absolute atomic E-state index is 0.308. The normalized spacial score (nSPS) is 11.1. The molecule has 1 rings (SSSR count). The Morgan fingerprint density at radius 2 is 1.81 bits per heavy atom. The lowest BCUT2D eigenvalue weighted by Crippen LogP contribution is -2.36. The average Bonchev–Trinajstić information content (AvgIpc) is 2.36. The van der Waals surface area contributed by atoms with Gasteiger partial charge in [-0.25, -0.2) is 13.6 Å². The smallest absolute Gasteiger partial charge is 0.323 e. The summed E-state index contributed by atoms with van der Waals surface area (Å²) in [5.41, 5.74) is 0.775. The van der Waals surface area contributed by atoms with Gasteiger partial charge in [0.15, 0.2) is 0 Å². The Labute approximate surface area is 123 Å². The van der Waals surface area contributed by atoms with Crippen LogP contribution in [0.15, 0.2) is 24.3 Å². The van der Waals surface area contributed by atoms with E-state index in [0.717, 1.165) is 0 Å². The van der Waals surface area contributed by atoms with Gasteiger partial charge in [0.25, 0.3) is 5.91 Å². The lowest BCUT2D eigenvalue weighted by molar-refractivity contribution is -0.137. The highest BCUT2D eigenvalue weighted by molar-refractivity contribution is 7.88. The SMILES string of the molecule is CCCN(CC(=O)O)C(=O)c1ccc(CS(N)(=O)=O)cc1. The van der Waals surface area contributed by atoms with Crippen LogP contribution in [0.2, 0.25) is 0 Å². The Balaban J connectivity index is 2.88. The molecule has 0 unspecified atom stereocenters. The minimum Gasteiger partial charge on any atom is -0.480 e. The molecule has 0 aliphatic rings. The number of sulfonamides is 1. The molecule has 0 radical (unpaired) electrons. The van der Waals surface area contributed by atoms with Crippen molar-refractivity contribution in [3.63, 3.8) is 0 Å². The fourth-order valence-corrected chi connectivity index (χ4v) is 2.50. The van der Waals surface area contributed by atoms with E-state index >= 15 is 0 Å². The van der Waals surface area contributed by atoms with Gasteiger partial charge in [0.2, 0.25) is 10.0 Å². The standard InChI is InChI=1S/C13H18N2O5S/c1-2-7-15(8-12(16)17)13(18)11-5-3-10(4-6-11)9-21(14,19)20/h3-6H,2,7-9H2,1H3,(H,16,17)(H2,14,19,20). The molecule has 21 heavy (non-hydrogen) atoms. The van der Waals surface area contributed by atoms with E-state index in [1.54, 1.807) is 0 Å². The number of carboxylic acids is 1. The zero-order valence-electron chi connectivity index (χ0n) is 11.7. The number of rotatable bonds is 7. The second kappa shape index (κ2) is 7.19. The largest absolute Gasteiger partial charge is 0.480 e. The number of amides is 1. The Kier molecular flexibility index (Phi) is 5.86. The van der Waals surface area contributed by atoms with Crippen LogP contribution in [0.5, 0.6) is 0 Å². The molecule has 0 spiro atoms. The third-order valence-corrected chi connectivity index (χ3v) is 3.41. The van der Waals surface area contributed by atoms with E-state index in [1.165, 1.54) is 29.2 Å². The molecule has 7 nitrogen and oxygen atoms in total. The Morgan fingerprint density at radius 3 is 2.24 bits per heavy atom. The van der Waals surface area contributed by atoms with E-state index in [0.29, 0.717) is 24.1 Å². The maximum absolute atomic E-state index is 12.2. The highest BCUT2D eigenvalue weighted by Crippen LogP contribution is 2.10. The van der Waals surface area contributed by atoms with E-state index in [2.05, 4.69) is 0 Å². The van der Waals surface area contributed by atoms with Crippen LogP contribution in [0, 0.1) is 0 Å². The highest BCUT2D eigenvalue weighted by Gasteiger charge is 2.17. The van der Waals surface area contributed by atoms with Crippen molar-refractivity contribution in [2.75, 3.05) is 13.1 Å². The van der Waals surface area contributed by atoms with Crippen LogP contribution in [-0.2, 0) is 20.6 Å². The summed E-state index contributed by atoms with van der Waals surface area (Å²) in [6.07, 6.45) is 0.641. The van der Waals surface area contributed by atoms with Crippen molar-refractivity contribution in [2.45, 2.75) is 19.1 Å². The van der Waals surface area contributed by atoms with Crippen molar-refractivity contribution in [3.05, 3.63) is 35.4 Å². The van der Waals surface area contributed by atoms with Crippen LogP contribution in [0.1, 0.15) is 29.3 Å². The lowest BCUT2D eigenvalue weighted by Gasteiger charge is -2.20. The number of primary sulfonamides is 1. The Bertz CT molecular complexity index is 610.